The van der Waals surface area contributed by atoms with E-state index < -0.39 is 37.3 Å². The first kappa shape index (κ1) is 19.5. The Bertz CT molecular complexity index is 805. The molecule has 152 valence electrons. The SMILES string of the molecule is OC[C@H]1O[C@@H](Oc2ccnc3cccc([C@@H]4CCCNC4)c23)[C@H](O)[C@H](O)[C@@H]1O. The lowest BCUT2D eigenvalue weighted by Crippen LogP contribution is -2.60. The molecule has 8 heteroatoms. The average molecular weight is 390 g/mol. The minimum absolute atomic E-state index is 0.318. The lowest BCUT2D eigenvalue weighted by molar-refractivity contribution is -0.277. The highest BCUT2D eigenvalue weighted by atomic mass is 16.7. The third-order valence-corrected chi connectivity index (χ3v) is 5.59. The number of hydrogen-bond donors (Lipinski definition) is 5. The normalized spacial score (nSPS) is 33.7. The van der Waals surface area contributed by atoms with E-state index >= 15 is 0 Å². The zero-order valence-corrected chi connectivity index (χ0v) is 15.4. The second kappa shape index (κ2) is 8.28. The number of hydrogen-bond acceptors (Lipinski definition) is 8. The second-order valence-electron chi connectivity index (χ2n) is 7.41. The number of piperidine rings is 1. The smallest absolute Gasteiger partial charge is 0.229 e. The number of pyridine rings is 1. The molecule has 0 unspecified atom stereocenters. The summed E-state index contributed by atoms with van der Waals surface area (Å²) in [6.45, 7) is 1.38. The Morgan fingerprint density at radius 3 is 2.75 bits per heavy atom. The van der Waals surface area contributed by atoms with E-state index in [4.69, 9.17) is 9.47 Å². The fourth-order valence-electron chi connectivity index (χ4n) is 4.05. The zero-order chi connectivity index (χ0) is 19.7. The molecule has 2 saturated heterocycles. The van der Waals surface area contributed by atoms with Gasteiger partial charge in [0, 0.05) is 18.1 Å². The summed E-state index contributed by atoms with van der Waals surface area (Å²) in [7, 11) is 0. The van der Waals surface area contributed by atoms with Crippen LogP contribution in [0, 0.1) is 0 Å². The molecule has 0 saturated carbocycles. The Morgan fingerprint density at radius 1 is 1.14 bits per heavy atom. The van der Waals surface area contributed by atoms with Crippen LogP contribution in [0.5, 0.6) is 5.75 Å². The molecule has 1 aromatic heterocycles. The first-order chi connectivity index (χ1) is 13.6. The van der Waals surface area contributed by atoms with E-state index in [9.17, 15) is 20.4 Å². The van der Waals surface area contributed by atoms with Crippen LogP contribution >= 0.6 is 0 Å². The van der Waals surface area contributed by atoms with Crippen molar-refractivity contribution in [3.8, 4) is 5.75 Å². The maximum atomic E-state index is 10.3. The topological polar surface area (TPSA) is 124 Å². The van der Waals surface area contributed by atoms with Crippen LogP contribution in [0.25, 0.3) is 10.9 Å². The molecule has 6 atom stereocenters. The number of nitrogens with one attached hydrogen (secondary N) is 1. The Balaban J connectivity index is 1.68. The molecular weight excluding hydrogens is 364 g/mol. The van der Waals surface area contributed by atoms with Crippen LogP contribution in [0.4, 0.5) is 0 Å². The van der Waals surface area contributed by atoms with Crippen molar-refractivity contribution in [1.82, 2.24) is 10.3 Å². The van der Waals surface area contributed by atoms with Gasteiger partial charge in [0.2, 0.25) is 6.29 Å². The van der Waals surface area contributed by atoms with Crippen molar-refractivity contribution in [3.05, 3.63) is 36.0 Å². The van der Waals surface area contributed by atoms with E-state index in [-0.39, 0.29) is 0 Å². The van der Waals surface area contributed by atoms with Gasteiger partial charge in [0.15, 0.2) is 0 Å². The lowest BCUT2D eigenvalue weighted by atomic mass is 9.89. The van der Waals surface area contributed by atoms with Crippen LogP contribution in [-0.2, 0) is 4.74 Å². The van der Waals surface area contributed by atoms with E-state index in [1.807, 2.05) is 12.1 Å². The number of nitrogens with zero attached hydrogens (tertiary/aromatic N) is 1. The highest BCUT2D eigenvalue weighted by Gasteiger charge is 2.44. The summed E-state index contributed by atoms with van der Waals surface area (Å²) in [5.74, 6) is 0.800. The molecule has 2 aromatic rings. The van der Waals surface area contributed by atoms with Gasteiger partial charge >= 0.3 is 0 Å². The molecule has 2 fully saturated rings. The average Bonchev–Trinajstić information content (AvgIpc) is 2.74. The fourth-order valence-corrected chi connectivity index (χ4v) is 4.05. The molecule has 28 heavy (non-hydrogen) atoms. The molecule has 3 heterocycles. The van der Waals surface area contributed by atoms with Gasteiger partial charge in [-0.2, -0.15) is 0 Å². The van der Waals surface area contributed by atoms with Crippen LogP contribution in [0.1, 0.15) is 24.3 Å². The fraction of sp³-hybridized carbons (Fsp3) is 0.550. The number of aromatic nitrogens is 1. The molecule has 2 aliphatic rings. The molecule has 2 aliphatic heterocycles. The summed E-state index contributed by atoms with van der Waals surface area (Å²) in [4.78, 5) is 4.43. The van der Waals surface area contributed by atoms with Crippen molar-refractivity contribution >= 4 is 10.9 Å². The Morgan fingerprint density at radius 2 is 2.00 bits per heavy atom. The monoisotopic (exact) mass is 390 g/mol. The minimum atomic E-state index is -1.48. The van der Waals surface area contributed by atoms with Gasteiger partial charge in [-0.15, -0.1) is 0 Å². The third kappa shape index (κ3) is 3.59. The van der Waals surface area contributed by atoms with Crippen LogP contribution in [-0.4, -0.2) is 75.8 Å². The number of aliphatic hydroxyl groups is 4. The summed E-state index contributed by atoms with van der Waals surface area (Å²) in [5.41, 5.74) is 1.88. The van der Waals surface area contributed by atoms with E-state index in [0.29, 0.717) is 11.7 Å². The first-order valence-corrected chi connectivity index (χ1v) is 9.65. The van der Waals surface area contributed by atoms with Gasteiger partial charge in [-0.1, -0.05) is 12.1 Å². The maximum Gasteiger partial charge on any atom is 0.229 e. The van der Waals surface area contributed by atoms with Gasteiger partial charge in [0.1, 0.15) is 30.2 Å². The molecule has 0 spiro atoms. The molecule has 5 N–H and O–H groups in total. The molecular formula is C20H26N2O6. The molecule has 1 aromatic carbocycles. The quantitative estimate of drug-likeness (QED) is 0.490. The summed E-state index contributed by atoms with van der Waals surface area (Å²) >= 11 is 0. The Labute approximate surface area is 162 Å². The van der Waals surface area contributed by atoms with E-state index in [0.717, 1.165) is 42.4 Å². The van der Waals surface area contributed by atoms with Crippen LogP contribution < -0.4 is 10.1 Å². The van der Waals surface area contributed by atoms with Gasteiger partial charge in [-0.25, -0.2) is 0 Å². The van der Waals surface area contributed by atoms with Crippen molar-refractivity contribution in [2.24, 2.45) is 0 Å². The summed E-state index contributed by atoms with van der Waals surface area (Å²) in [6.07, 6.45) is -2.83. The predicted molar refractivity (Wildman–Crippen MR) is 101 cm³/mol. The highest BCUT2D eigenvalue weighted by Crippen LogP contribution is 2.36. The minimum Gasteiger partial charge on any atom is -0.461 e. The van der Waals surface area contributed by atoms with Gasteiger partial charge < -0.3 is 35.2 Å². The molecule has 8 nitrogen and oxygen atoms in total. The summed E-state index contributed by atoms with van der Waals surface area (Å²) in [6, 6.07) is 7.62. The van der Waals surface area contributed by atoms with E-state index in [2.05, 4.69) is 16.4 Å². The van der Waals surface area contributed by atoms with Crippen molar-refractivity contribution < 1.29 is 29.9 Å². The standard InChI is InChI=1S/C20H26N2O6/c23-10-15-17(24)18(25)19(26)20(28-15)27-14-6-8-22-13-5-1-4-12(16(13)14)11-3-2-7-21-9-11/h1,4-6,8,11,15,17-21,23-26H,2-3,7,9-10H2/t11-,15-,17-,18-,19-,20-/m1/s1. The van der Waals surface area contributed by atoms with E-state index in [1.165, 1.54) is 0 Å². The molecule has 4 rings (SSSR count). The first-order valence-electron chi connectivity index (χ1n) is 9.65. The summed E-state index contributed by atoms with van der Waals surface area (Å²) < 4.78 is 11.5. The zero-order valence-electron chi connectivity index (χ0n) is 15.4. The number of ether oxygens (including phenoxy) is 2. The Kier molecular flexibility index (Phi) is 5.77. The van der Waals surface area contributed by atoms with Gasteiger partial charge in [-0.3, -0.25) is 4.98 Å². The van der Waals surface area contributed by atoms with Gasteiger partial charge in [-0.05, 0) is 43.0 Å². The number of aliphatic hydroxyl groups excluding tert-OH is 4. The number of fused-ring (bicyclic) bond motifs is 1. The largest absolute Gasteiger partial charge is 0.461 e. The number of benzene rings is 1. The third-order valence-electron chi connectivity index (χ3n) is 5.59. The van der Waals surface area contributed by atoms with Crippen LogP contribution in [0.2, 0.25) is 0 Å². The van der Waals surface area contributed by atoms with Gasteiger partial charge in [0.25, 0.3) is 0 Å². The van der Waals surface area contributed by atoms with Crippen molar-refractivity contribution in [1.29, 1.82) is 0 Å². The Hall–Kier alpha value is -1.81. The summed E-state index contributed by atoms with van der Waals surface area (Å²) in [5, 5.41) is 43.9. The molecule has 0 amide bonds. The predicted octanol–water partition coefficient (Wildman–Crippen LogP) is -0.120. The lowest BCUT2D eigenvalue weighted by Gasteiger charge is -2.39. The molecule has 0 radical (unpaired) electrons. The van der Waals surface area contributed by atoms with E-state index in [1.54, 1.807) is 12.3 Å². The highest BCUT2D eigenvalue weighted by molar-refractivity contribution is 5.88. The van der Waals surface area contributed by atoms with Gasteiger partial charge in [0.05, 0.1) is 12.1 Å². The van der Waals surface area contributed by atoms with Crippen molar-refractivity contribution in [2.45, 2.75) is 49.5 Å². The maximum absolute atomic E-state index is 10.3. The van der Waals surface area contributed by atoms with Crippen LogP contribution in [0.3, 0.4) is 0 Å². The molecule has 0 aliphatic carbocycles. The van der Waals surface area contributed by atoms with Crippen molar-refractivity contribution in [2.75, 3.05) is 19.7 Å². The van der Waals surface area contributed by atoms with Crippen LogP contribution in [0.15, 0.2) is 30.5 Å². The van der Waals surface area contributed by atoms with Crippen molar-refractivity contribution in [3.63, 3.8) is 0 Å². The molecule has 0 bridgehead atoms. The number of rotatable bonds is 4. The second-order valence-corrected chi connectivity index (χ2v) is 7.41.